The van der Waals surface area contributed by atoms with E-state index in [4.69, 9.17) is 31.4 Å². The SMILES string of the molecule is N[C@@](Cc1c[nH]c2ccccc12)(C(=O)Nc1ccc(C(c2ccc(NC(=O)[C@@](N)(Cc3c[nH]c4ccccc34)C(=O)OCC3c4ccccc4-c4ccccc43)cc2)c2ccc(NC(=O)[C@@](N)(Cc3c[nH]c4ccccc34)C(=O)OCC3c4ccccc4-c4ccccc43)cc2)cc1)C(=O)OCC1c2ccccc2-c2ccccc21. The number of H-pyrrole nitrogens is 3. The van der Waals surface area contributed by atoms with E-state index in [0.717, 1.165) is 116 Å². The average molecular weight is 1510 g/mol. The number of ether oxygens (including phenoxy) is 3. The summed E-state index contributed by atoms with van der Waals surface area (Å²) in [6.07, 6.45) is 4.64. The van der Waals surface area contributed by atoms with E-state index in [9.17, 15) is 14.4 Å². The number of nitrogens with one attached hydrogen (secondary N) is 6. The van der Waals surface area contributed by atoms with E-state index in [1.807, 2.05) is 255 Å². The fraction of sp³-hybridized carbons (Fsp3) is 0.134. The molecule has 0 aliphatic heterocycles. The molecule has 0 unspecified atom stereocenters. The molecule has 3 heterocycles. The van der Waals surface area contributed by atoms with E-state index in [1.165, 1.54) is 0 Å². The Hall–Kier alpha value is -14.0. The van der Waals surface area contributed by atoms with Gasteiger partial charge in [0, 0.05) is 111 Å². The molecule has 3 amide bonds. The summed E-state index contributed by atoms with van der Waals surface area (Å²) < 4.78 is 18.6. The van der Waals surface area contributed by atoms with Crippen LogP contribution in [0.5, 0.6) is 0 Å². The molecule has 18 rings (SSSR count). The molecule has 0 saturated carbocycles. The molecule has 0 fully saturated rings. The van der Waals surface area contributed by atoms with Crippen molar-refractivity contribution in [1.29, 1.82) is 0 Å². The third-order valence-corrected chi connectivity index (χ3v) is 23.3. The maximum atomic E-state index is 15.1. The minimum Gasteiger partial charge on any atom is -0.463 e. The van der Waals surface area contributed by atoms with Gasteiger partial charge >= 0.3 is 17.9 Å². The Morgan fingerprint density at radius 2 is 0.513 bits per heavy atom. The number of rotatable bonds is 24. The van der Waals surface area contributed by atoms with Crippen LogP contribution in [0.3, 0.4) is 0 Å². The van der Waals surface area contributed by atoms with E-state index in [0.29, 0.717) is 33.8 Å². The molecule has 0 radical (unpaired) electrons. The number of carbonyl (C=O) groups excluding carboxylic acids is 6. The topological polar surface area (TPSA) is 292 Å². The maximum Gasteiger partial charge on any atom is 0.336 e. The molecular weight excluding hydrogens is 1440 g/mol. The zero-order valence-electron chi connectivity index (χ0n) is 62.4. The number of amides is 3. The quantitative estimate of drug-likeness (QED) is 0.0118. The number of esters is 3. The summed E-state index contributed by atoms with van der Waals surface area (Å²) in [5.74, 6) is -6.59. The molecule has 566 valence electrons. The van der Waals surface area contributed by atoms with Crippen LogP contribution in [0.2, 0.25) is 0 Å². The van der Waals surface area contributed by atoms with Gasteiger partial charge in [-0.2, -0.15) is 0 Å². The number of aromatic amines is 3. The minimum absolute atomic E-state index is 0.0639. The van der Waals surface area contributed by atoms with Crippen molar-refractivity contribution >= 4 is 85.4 Å². The van der Waals surface area contributed by atoms with Crippen molar-refractivity contribution in [2.75, 3.05) is 35.8 Å². The summed E-state index contributed by atoms with van der Waals surface area (Å²) in [5.41, 5.74) is 34.7. The van der Waals surface area contributed by atoms with Crippen molar-refractivity contribution in [3.63, 3.8) is 0 Å². The average Bonchev–Trinajstić information content (AvgIpc) is 1.63. The van der Waals surface area contributed by atoms with E-state index >= 15 is 14.4 Å². The molecular formula is C97H79N9O9. The zero-order chi connectivity index (χ0) is 78.5. The number of fused-ring (bicyclic) bond motifs is 12. The second kappa shape index (κ2) is 29.9. The highest BCUT2D eigenvalue weighted by atomic mass is 16.5. The van der Waals surface area contributed by atoms with Gasteiger partial charge in [-0.1, -0.05) is 237 Å². The predicted octanol–water partition coefficient (Wildman–Crippen LogP) is 16.0. The van der Waals surface area contributed by atoms with Crippen molar-refractivity contribution < 1.29 is 43.0 Å². The monoisotopic (exact) mass is 1510 g/mol. The van der Waals surface area contributed by atoms with Crippen LogP contribution >= 0.6 is 0 Å². The van der Waals surface area contributed by atoms with Gasteiger partial charge < -0.3 is 62.3 Å². The van der Waals surface area contributed by atoms with Gasteiger partial charge in [-0.15, -0.1) is 0 Å². The third kappa shape index (κ3) is 13.4. The van der Waals surface area contributed by atoms with Gasteiger partial charge in [0.15, 0.2) is 16.6 Å². The normalized spacial score (nSPS) is 14.3. The summed E-state index contributed by atoms with van der Waals surface area (Å²) >= 11 is 0. The molecule has 0 bridgehead atoms. The van der Waals surface area contributed by atoms with Crippen LogP contribution in [0.1, 0.15) is 90.4 Å². The molecule has 0 saturated heterocycles. The Balaban J connectivity index is 0.648. The first kappa shape index (κ1) is 72.5. The number of hydrogen-bond acceptors (Lipinski definition) is 12. The highest BCUT2D eigenvalue weighted by Gasteiger charge is 2.49. The van der Waals surface area contributed by atoms with Crippen LogP contribution in [-0.2, 0) is 62.2 Å². The molecule has 12 aromatic carbocycles. The lowest BCUT2D eigenvalue weighted by molar-refractivity contribution is -0.154. The van der Waals surface area contributed by atoms with Gasteiger partial charge in [-0.25, -0.2) is 14.4 Å². The number of carbonyl (C=O) groups is 6. The van der Waals surface area contributed by atoms with Crippen LogP contribution < -0.4 is 33.2 Å². The summed E-state index contributed by atoms with van der Waals surface area (Å²) in [7, 11) is 0. The predicted molar refractivity (Wildman–Crippen MR) is 447 cm³/mol. The highest BCUT2D eigenvalue weighted by Crippen LogP contribution is 2.48. The molecule has 3 aliphatic carbocycles. The Morgan fingerprint density at radius 1 is 0.296 bits per heavy atom. The number of anilines is 3. The number of aromatic nitrogens is 3. The van der Waals surface area contributed by atoms with E-state index in [1.54, 1.807) is 55.0 Å². The van der Waals surface area contributed by atoms with E-state index < -0.39 is 58.2 Å². The van der Waals surface area contributed by atoms with Crippen LogP contribution in [0.15, 0.2) is 310 Å². The molecule has 12 N–H and O–H groups in total. The molecule has 0 spiro atoms. The second-order valence-corrected chi connectivity index (χ2v) is 30.2. The van der Waals surface area contributed by atoms with Crippen molar-refractivity contribution in [2.45, 2.75) is 59.6 Å². The Kier molecular flexibility index (Phi) is 18.8. The van der Waals surface area contributed by atoms with Crippen LogP contribution in [0.4, 0.5) is 17.1 Å². The van der Waals surface area contributed by atoms with Crippen molar-refractivity contribution in [2.24, 2.45) is 17.2 Å². The Morgan fingerprint density at radius 3 is 0.757 bits per heavy atom. The molecule has 115 heavy (non-hydrogen) atoms. The van der Waals surface area contributed by atoms with Crippen molar-refractivity contribution in [1.82, 2.24) is 15.0 Å². The van der Waals surface area contributed by atoms with Crippen LogP contribution in [0.25, 0.3) is 66.1 Å². The maximum absolute atomic E-state index is 15.1. The molecule has 3 aliphatic rings. The third-order valence-electron chi connectivity index (χ3n) is 23.3. The van der Waals surface area contributed by atoms with Gasteiger partial charge in [-0.05, 0) is 155 Å². The summed E-state index contributed by atoms with van der Waals surface area (Å²) in [6, 6.07) is 92.2. The zero-order valence-corrected chi connectivity index (χ0v) is 62.4. The standard InChI is InChI=1S/C97H79N9O9/c98-95(49-61-52-101-85-34-16-13-19-67(61)85,92(110)113-55-82-76-28-7-1-22-70(76)71-23-2-8-29-77(71)82)89(107)104-64-43-37-58(38-44-64)88(59-39-45-65(46-40-59)105-90(108)96(99,50-62-53-102-86-35-17-14-20-68(62)86)93(111)114-56-83-78-30-9-3-24-72(78)73-25-4-10-31-79(73)83)60-41-47-66(48-42-60)106-91(109)97(100,51-63-54-103-87-36-18-15-21-69(63)87)94(112)115-57-84-80-32-11-5-26-74(80)75-27-6-12-33-81(75)84/h1-48,52-54,82-84,88,101-103H,49-51,55-57,98-100H2,(H,104,107)(H,105,108)(H,106,109)/t95-,96-,97-/m0/s1. The molecule has 15 aromatic rings. The summed E-state index contributed by atoms with van der Waals surface area (Å²) in [6.45, 7) is -0.192. The van der Waals surface area contributed by atoms with Gasteiger partial charge in [0.1, 0.15) is 19.8 Å². The van der Waals surface area contributed by atoms with Gasteiger partial charge in [-0.3, -0.25) is 14.4 Å². The first-order chi connectivity index (χ1) is 56.1. The van der Waals surface area contributed by atoms with Crippen molar-refractivity contribution in [3.8, 4) is 33.4 Å². The minimum atomic E-state index is -2.23. The molecule has 18 nitrogen and oxygen atoms in total. The molecule has 18 heteroatoms. The first-order valence-corrected chi connectivity index (χ1v) is 38.4. The lowest BCUT2D eigenvalue weighted by Gasteiger charge is -2.28. The van der Waals surface area contributed by atoms with Gasteiger partial charge in [0.05, 0.1) is 0 Å². The number of para-hydroxylation sites is 3. The Labute approximate surface area is 662 Å². The first-order valence-electron chi connectivity index (χ1n) is 38.4. The van der Waals surface area contributed by atoms with E-state index in [2.05, 4.69) is 30.9 Å². The number of benzene rings is 12. The molecule has 3 atom stereocenters. The molecule has 3 aromatic heterocycles. The smallest absolute Gasteiger partial charge is 0.336 e. The number of nitrogens with two attached hydrogens (primary N) is 3. The lowest BCUT2D eigenvalue weighted by Crippen LogP contribution is -2.60. The van der Waals surface area contributed by atoms with Crippen molar-refractivity contribution in [3.05, 3.63) is 377 Å². The Bertz CT molecular complexity index is 5580. The largest absolute Gasteiger partial charge is 0.463 e. The summed E-state index contributed by atoms with van der Waals surface area (Å²) in [5, 5.41) is 11.3. The van der Waals surface area contributed by atoms with Crippen LogP contribution in [0, 0.1) is 0 Å². The summed E-state index contributed by atoms with van der Waals surface area (Å²) in [4.78, 5) is 99.8. The second-order valence-electron chi connectivity index (χ2n) is 30.2. The van der Waals surface area contributed by atoms with Gasteiger partial charge in [0.2, 0.25) is 0 Å². The lowest BCUT2D eigenvalue weighted by atomic mass is 9.84. The van der Waals surface area contributed by atoms with E-state index in [-0.39, 0.29) is 56.8 Å². The van der Waals surface area contributed by atoms with Gasteiger partial charge in [0.25, 0.3) is 17.7 Å². The highest BCUT2D eigenvalue weighted by molar-refractivity contribution is 6.15. The fourth-order valence-electron chi connectivity index (χ4n) is 17.2. The number of hydrogen-bond donors (Lipinski definition) is 9. The van der Waals surface area contributed by atoms with Crippen LogP contribution in [-0.4, -0.2) is 87.0 Å². The fourth-order valence-corrected chi connectivity index (χ4v) is 17.2.